The predicted octanol–water partition coefficient (Wildman–Crippen LogP) is 2.97. The summed E-state index contributed by atoms with van der Waals surface area (Å²) in [5, 5.41) is 10.4. The van der Waals surface area contributed by atoms with Crippen LogP contribution in [-0.2, 0) is 0 Å². The number of hydrogen-bond donors (Lipinski definition) is 1. The molecule has 0 saturated carbocycles. The van der Waals surface area contributed by atoms with E-state index in [1.54, 1.807) is 12.3 Å². The lowest BCUT2D eigenvalue weighted by Crippen LogP contribution is -1.96. The van der Waals surface area contributed by atoms with Gasteiger partial charge in [0.15, 0.2) is 0 Å². The number of carboxylic acids is 1. The van der Waals surface area contributed by atoms with E-state index in [1.807, 2.05) is 18.2 Å². The van der Waals surface area contributed by atoms with E-state index in [0.717, 1.165) is 10.1 Å². The second kappa shape index (κ2) is 5.70. The molecule has 4 nitrogen and oxygen atoms in total. The molecule has 1 N–H and O–H groups in total. The van der Waals surface area contributed by atoms with Crippen molar-refractivity contribution in [1.82, 2.24) is 9.97 Å². The van der Waals surface area contributed by atoms with Crippen LogP contribution in [-0.4, -0.2) is 21.0 Å². The number of carboxylic acid groups (broad SMARTS) is 1. The van der Waals surface area contributed by atoms with E-state index in [2.05, 4.69) is 9.97 Å². The van der Waals surface area contributed by atoms with Crippen LogP contribution in [0.2, 0.25) is 0 Å². The quantitative estimate of drug-likeness (QED) is 0.856. The summed E-state index contributed by atoms with van der Waals surface area (Å²) in [7, 11) is 2.93. The summed E-state index contributed by atoms with van der Waals surface area (Å²) in [6.45, 7) is 0. The zero-order valence-corrected chi connectivity index (χ0v) is 10.2. The van der Waals surface area contributed by atoms with Crippen molar-refractivity contribution in [2.45, 2.75) is 10.1 Å². The summed E-state index contributed by atoms with van der Waals surface area (Å²) < 4.78 is 0. The SMILES string of the molecule is O=C(O)c1ccc(SSc2ccccn2)nc1. The molecule has 17 heavy (non-hydrogen) atoms. The molecule has 0 aliphatic rings. The fraction of sp³-hybridized carbons (Fsp3) is 0. The molecule has 2 aromatic rings. The first-order valence-electron chi connectivity index (χ1n) is 4.70. The van der Waals surface area contributed by atoms with Crippen LogP contribution in [0.25, 0.3) is 0 Å². The molecule has 6 heteroatoms. The number of nitrogens with zero attached hydrogens (tertiary/aromatic N) is 2. The van der Waals surface area contributed by atoms with Gasteiger partial charge in [-0.05, 0) is 45.9 Å². The third-order valence-electron chi connectivity index (χ3n) is 1.83. The minimum atomic E-state index is -0.966. The Bertz CT molecular complexity index is 503. The van der Waals surface area contributed by atoms with Gasteiger partial charge in [0.25, 0.3) is 0 Å². The van der Waals surface area contributed by atoms with Crippen LogP contribution in [0, 0.1) is 0 Å². The number of hydrogen-bond acceptors (Lipinski definition) is 5. The lowest BCUT2D eigenvalue weighted by atomic mass is 10.3. The summed E-state index contributed by atoms with van der Waals surface area (Å²) in [6.07, 6.45) is 3.08. The van der Waals surface area contributed by atoms with Gasteiger partial charge in [-0.3, -0.25) is 0 Å². The maximum atomic E-state index is 10.6. The van der Waals surface area contributed by atoms with Crippen LogP contribution in [0.5, 0.6) is 0 Å². The Morgan fingerprint density at radius 1 is 1.06 bits per heavy atom. The standard InChI is InChI=1S/C11H8N2O2S2/c14-11(15)8-4-5-10(13-7-8)17-16-9-3-1-2-6-12-9/h1-7H,(H,14,15). The van der Waals surface area contributed by atoms with E-state index < -0.39 is 5.97 Å². The van der Waals surface area contributed by atoms with Crippen molar-refractivity contribution in [3.05, 3.63) is 48.3 Å². The van der Waals surface area contributed by atoms with Gasteiger partial charge in [-0.25, -0.2) is 14.8 Å². The van der Waals surface area contributed by atoms with E-state index >= 15 is 0 Å². The summed E-state index contributed by atoms with van der Waals surface area (Å²) in [4.78, 5) is 18.8. The fourth-order valence-corrected chi connectivity index (χ4v) is 2.77. The Morgan fingerprint density at radius 2 is 1.82 bits per heavy atom. The molecule has 2 heterocycles. The molecule has 86 valence electrons. The Hall–Kier alpha value is -1.53. The molecular weight excluding hydrogens is 256 g/mol. The second-order valence-corrected chi connectivity index (χ2v) is 5.19. The van der Waals surface area contributed by atoms with Crippen LogP contribution in [0.3, 0.4) is 0 Å². The maximum absolute atomic E-state index is 10.6. The van der Waals surface area contributed by atoms with Crippen molar-refractivity contribution < 1.29 is 9.90 Å². The van der Waals surface area contributed by atoms with Crippen LogP contribution < -0.4 is 0 Å². The Kier molecular flexibility index (Phi) is 4.00. The lowest BCUT2D eigenvalue weighted by molar-refractivity contribution is 0.0696. The molecule has 0 unspecified atom stereocenters. The van der Waals surface area contributed by atoms with Crippen molar-refractivity contribution in [1.29, 1.82) is 0 Å². The summed E-state index contributed by atoms with van der Waals surface area (Å²) in [5.41, 5.74) is 0.192. The highest BCUT2D eigenvalue weighted by molar-refractivity contribution is 8.76. The van der Waals surface area contributed by atoms with Crippen molar-refractivity contribution in [2.75, 3.05) is 0 Å². The molecule has 2 rings (SSSR count). The van der Waals surface area contributed by atoms with Crippen LogP contribution in [0.15, 0.2) is 52.8 Å². The van der Waals surface area contributed by atoms with Crippen LogP contribution in [0.1, 0.15) is 10.4 Å². The van der Waals surface area contributed by atoms with E-state index in [0.29, 0.717) is 0 Å². The zero-order valence-electron chi connectivity index (χ0n) is 8.61. The predicted molar refractivity (Wildman–Crippen MR) is 67.1 cm³/mol. The molecule has 0 amide bonds. The molecule has 0 spiro atoms. The average molecular weight is 264 g/mol. The summed E-state index contributed by atoms with van der Waals surface area (Å²) in [5.74, 6) is -0.966. The van der Waals surface area contributed by atoms with Gasteiger partial charge < -0.3 is 5.11 Å². The van der Waals surface area contributed by atoms with Gasteiger partial charge in [-0.1, -0.05) is 6.07 Å². The zero-order chi connectivity index (χ0) is 12.1. The van der Waals surface area contributed by atoms with E-state index in [4.69, 9.17) is 5.11 Å². The third kappa shape index (κ3) is 3.47. The summed E-state index contributed by atoms with van der Waals surface area (Å²) in [6, 6.07) is 8.90. The van der Waals surface area contributed by atoms with Crippen LogP contribution >= 0.6 is 21.6 Å². The molecular formula is C11H8N2O2S2. The first-order valence-corrected chi connectivity index (χ1v) is 6.85. The highest BCUT2D eigenvalue weighted by Crippen LogP contribution is 2.34. The number of carbonyl (C=O) groups is 1. The molecule has 0 aromatic carbocycles. The number of aromatic nitrogens is 2. The third-order valence-corrected chi connectivity index (χ3v) is 4.02. The van der Waals surface area contributed by atoms with E-state index in [-0.39, 0.29) is 5.56 Å². The van der Waals surface area contributed by atoms with Crippen molar-refractivity contribution in [3.8, 4) is 0 Å². The Balaban J connectivity index is 1.98. The maximum Gasteiger partial charge on any atom is 0.337 e. The topological polar surface area (TPSA) is 63.1 Å². The van der Waals surface area contributed by atoms with Gasteiger partial charge in [0, 0.05) is 12.4 Å². The second-order valence-electron chi connectivity index (χ2n) is 3.02. The van der Waals surface area contributed by atoms with E-state index in [9.17, 15) is 4.79 Å². The van der Waals surface area contributed by atoms with Crippen LogP contribution in [0.4, 0.5) is 0 Å². The number of aromatic carboxylic acids is 1. The molecule has 0 fully saturated rings. The Morgan fingerprint density at radius 3 is 2.35 bits per heavy atom. The minimum Gasteiger partial charge on any atom is -0.478 e. The summed E-state index contributed by atoms with van der Waals surface area (Å²) >= 11 is 0. The van der Waals surface area contributed by atoms with Gasteiger partial charge in [-0.2, -0.15) is 0 Å². The van der Waals surface area contributed by atoms with Gasteiger partial charge in [0.1, 0.15) is 10.1 Å². The van der Waals surface area contributed by atoms with Gasteiger partial charge in [-0.15, -0.1) is 0 Å². The molecule has 0 bridgehead atoms. The number of rotatable bonds is 4. The first kappa shape index (κ1) is 11.9. The smallest absolute Gasteiger partial charge is 0.337 e. The molecule has 2 aromatic heterocycles. The van der Waals surface area contributed by atoms with Gasteiger partial charge >= 0.3 is 5.97 Å². The van der Waals surface area contributed by atoms with E-state index in [1.165, 1.54) is 33.9 Å². The molecule has 0 radical (unpaired) electrons. The normalized spacial score (nSPS) is 10.1. The highest BCUT2D eigenvalue weighted by atomic mass is 33.1. The van der Waals surface area contributed by atoms with Gasteiger partial charge in [0.05, 0.1) is 5.56 Å². The monoisotopic (exact) mass is 264 g/mol. The minimum absolute atomic E-state index is 0.192. The van der Waals surface area contributed by atoms with Crippen molar-refractivity contribution >= 4 is 27.6 Å². The highest BCUT2D eigenvalue weighted by Gasteiger charge is 2.04. The average Bonchev–Trinajstić information content (AvgIpc) is 2.38. The van der Waals surface area contributed by atoms with Gasteiger partial charge in [0.2, 0.25) is 0 Å². The molecule has 0 saturated heterocycles. The van der Waals surface area contributed by atoms with Crippen molar-refractivity contribution in [2.24, 2.45) is 0 Å². The Labute approximate surface area is 106 Å². The fourth-order valence-electron chi connectivity index (χ4n) is 1.04. The number of pyridine rings is 2. The first-order chi connectivity index (χ1) is 8.25. The largest absolute Gasteiger partial charge is 0.478 e. The van der Waals surface area contributed by atoms with Crippen molar-refractivity contribution in [3.63, 3.8) is 0 Å². The lowest BCUT2D eigenvalue weighted by Gasteiger charge is -1.99. The molecule has 0 aliphatic heterocycles. The molecule has 0 aliphatic carbocycles. The molecule has 0 atom stereocenters.